The largest absolute Gasteiger partial charge is 0.389 e. The summed E-state index contributed by atoms with van der Waals surface area (Å²) in [5, 5.41) is 46.6. The van der Waals surface area contributed by atoms with Crippen LogP contribution < -0.4 is 5.73 Å². The molecular weight excluding hydrogens is 178 g/mol. The van der Waals surface area contributed by atoms with Crippen LogP contribution in [0.15, 0.2) is 0 Å². The van der Waals surface area contributed by atoms with Crippen LogP contribution >= 0.6 is 0 Å². The van der Waals surface area contributed by atoms with Crippen molar-refractivity contribution < 1.29 is 25.5 Å². The maximum Gasteiger partial charge on any atom is 0.118 e. The second-order valence-electron chi connectivity index (χ2n) is 3.67. The molecule has 0 aliphatic heterocycles. The maximum absolute atomic E-state index is 9.52. The van der Waals surface area contributed by atoms with Crippen molar-refractivity contribution in [3.8, 4) is 0 Å². The van der Waals surface area contributed by atoms with E-state index in [0.29, 0.717) is 0 Å². The number of hydrogen-bond acceptors (Lipinski definition) is 6. The van der Waals surface area contributed by atoms with Crippen molar-refractivity contribution in [3.63, 3.8) is 0 Å². The minimum atomic E-state index is -1.90. The van der Waals surface area contributed by atoms with E-state index >= 15 is 0 Å². The molecule has 1 rings (SSSR count). The minimum absolute atomic E-state index is 1.15. The molecule has 0 saturated heterocycles. The van der Waals surface area contributed by atoms with Crippen LogP contribution in [0, 0.1) is 0 Å². The molecule has 6 heteroatoms. The first-order chi connectivity index (χ1) is 5.80. The molecule has 1 aliphatic rings. The summed E-state index contributed by atoms with van der Waals surface area (Å²) in [6, 6.07) is -1.17. The van der Waals surface area contributed by atoms with Gasteiger partial charge >= 0.3 is 0 Å². The monoisotopic (exact) mass is 193 g/mol. The molecule has 1 aliphatic carbocycles. The molecule has 0 aromatic carbocycles. The Morgan fingerprint density at radius 2 is 1.46 bits per heavy atom. The van der Waals surface area contributed by atoms with Crippen molar-refractivity contribution in [2.75, 3.05) is 0 Å². The lowest BCUT2D eigenvalue weighted by Crippen LogP contribution is -2.71. The lowest BCUT2D eigenvalue weighted by atomic mass is 9.75. The van der Waals surface area contributed by atoms with E-state index in [0.717, 1.165) is 6.92 Å². The van der Waals surface area contributed by atoms with Gasteiger partial charge in [0.2, 0.25) is 0 Å². The van der Waals surface area contributed by atoms with Crippen LogP contribution in [-0.2, 0) is 0 Å². The normalized spacial score (nSPS) is 57.9. The second-order valence-corrected chi connectivity index (χ2v) is 3.67. The lowest BCUT2D eigenvalue weighted by Gasteiger charge is -2.46. The number of hydrogen-bond donors (Lipinski definition) is 6. The molecule has 6 unspecified atom stereocenters. The third-order valence-corrected chi connectivity index (χ3v) is 2.63. The highest BCUT2D eigenvalue weighted by Crippen LogP contribution is 2.28. The Morgan fingerprint density at radius 3 is 1.92 bits per heavy atom. The smallest absolute Gasteiger partial charge is 0.118 e. The van der Waals surface area contributed by atoms with Gasteiger partial charge in [0.15, 0.2) is 0 Å². The fourth-order valence-electron chi connectivity index (χ4n) is 1.51. The Labute approximate surface area is 75.2 Å². The van der Waals surface area contributed by atoms with Gasteiger partial charge in [-0.2, -0.15) is 0 Å². The molecule has 0 radical (unpaired) electrons. The Morgan fingerprint density at radius 1 is 1.00 bits per heavy atom. The van der Waals surface area contributed by atoms with Gasteiger partial charge in [0, 0.05) is 0 Å². The second kappa shape index (κ2) is 3.16. The van der Waals surface area contributed by atoms with Crippen molar-refractivity contribution in [1.82, 2.24) is 0 Å². The van der Waals surface area contributed by atoms with Gasteiger partial charge in [0.25, 0.3) is 0 Å². The van der Waals surface area contributed by atoms with Crippen molar-refractivity contribution in [3.05, 3.63) is 0 Å². The lowest BCUT2D eigenvalue weighted by molar-refractivity contribution is -0.229. The molecule has 0 bridgehead atoms. The molecule has 0 aromatic rings. The molecule has 78 valence electrons. The summed E-state index contributed by atoms with van der Waals surface area (Å²) < 4.78 is 0. The average molecular weight is 193 g/mol. The summed E-state index contributed by atoms with van der Waals surface area (Å²) in [5.74, 6) is 0. The standard InChI is InChI=1S/C7H15NO5/c1-7(13)5(11)2(8)3(9)4(10)6(7)12/h2-6,9-13H,8H2,1H3. The molecule has 6 atom stereocenters. The van der Waals surface area contributed by atoms with Crippen LogP contribution in [0.25, 0.3) is 0 Å². The van der Waals surface area contributed by atoms with Gasteiger partial charge in [-0.3, -0.25) is 0 Å². The Bertz CT molecular complexity index is 179. The topological polar surface area (TPSA) is 127 Å². The molecular formula is C7H15NO5. The highest BCUT2D eigenvalue weighted by molar-refractivity contribution is 5.07. The van der Waals surface area contributed by atoms with Crippen LogP contribution in [-0.4, -0.2) is 61.6 Å². The molecule has 1 fully saturated rings. The minimum Gasteiger partial charge on any atom is -0.389 e. The fourth-order valence-corrected chi connectivity index (χ4v) is 1.51. The van der Waals surface area contributed by atoms with Gasteiger partial charge in [-0.25, -0.2) is 0 Å². The summed E-state index contributed by atoms with van der Waals surface area (Å²) in [4.78, 5) is 0. The van der Waals surface area contributed by atoms with Gasteiger partial charge in [0.1, 0.15) is 30.0 Å². The molecule has 13 heavy (non-hydrogen) atoms. The van der Waals surface area contributed by atoms with Crippen LogP contribution in [0.2, 0.25) is 0 Å². The summed E-state index contributed by atoms with van der Waals surface area (Å²) in [5.41, 5.74) is 3.41. The van der Waals surface area contributed by atoms with Crippen LogP contribution in [0.3, 0.4) is 0 Å². The van der Waals surface area contributed by atoms with Gasteiger partial charge in [-0.15, -0.1) is 0 Å². The van der Waals surface area contributed by atoms with Crippen LogP contribution in [0.4, 0.5) is 0 Å². The van der Waals surface area contributed by atoms with Gasteiger partial charge in [0.05, 0.1) is 6.04 Å². The molecule has 0 heterocycles. The summed E-state index contributed by atoms with van der Waals surface area (Å²) in [6.45, 7) is 1.15. The summed E-state index contributed by atoms with van der Waals surface area (Å²) in [6.07, 6.45) is -6.07. The van der Waals surface area contributed by atoms with Gasteiger partial charge < -0.3 is 31.3 Å². The van der Waals surface area contributed by atoms with E-state index in [2.05, 4.69) is 0 Å². The first-order valence-electron chi connectivity index (χ1n) is 4.00. The van der Waals surface area contributed by atoms with Crippen LogP contribution in [0.5, 0.6) is 0 Å². The number of aliphatic hydroxyl groups is 5. The zero-order chi connectivity index (χ0) is 10.4. The number of nitrogens with two attached hydrogens (primary N) is 1. The first-order valence-corrected chi connectivity index (χ1v) is 4.00. The third-order valence-electron chi connectivity index (χ3n) is 2.63. The van der Waals surface area contributed by atoms with Crippen molar-refractivity contribution in [2.45, 2.75) is 43.0 Å². The Balaban J connectivity index is 2.93. The molecule has 7 N–H and O–H groups in total. The van der Waals surface area contributed by atoms with Gasteiger partial charge in [-0.05, 0) is 6.92 Å². The van der Waals surface area contributed by atoms with Gasteiger partial charge in [-0.1, -0.05) is 0 Å². The Kier molecular flexibility index (Phi) is 2.63. The van der Waals surface area contributed by atoms with Crippen molar-refractivity contribution in [2.24, 2.45) is 5.73 Å². The molecule has 6 nitrogen and oxygen atoms in total. The highest BCUT2D eigenvalue weighted by atomic mass is 16.4. The molecule has 1 saturated carbocycles. The van der Waals surface area contributed by atoms with Crippen molar-refractivity contribution >= 4 is 0 Å². The summed E-state index contributed by atoms with van der Waals surface area (Å²) in [7, 11) is 0. The SMILES string of the molecule is CC1(O)C(O)C(N)C(O)C(O)C1O. The molecule has 0 amide bonds. The molecule has 0 aromatic heterocycles. The van der Waals surface area contributed by atoms with E-state index in [9.17, 15) is 25.5 Å². The number of rotatable bonds is 0. The van der Waals surface area contributed by atoms with E-state index in [1.807, 2.05) is 0 Å². The van der Waals surface area contributed by atoms with E-state index in [4.69, 9.17) is 5.73 Å². The quantitative estimate of drug-likeness (QED) is 0.237. The highest BCUT2D eigenvalue weighted by Gasteiger charge is 2.53. The van der Waals surface area contributed by atoms with E-state index in [-0.39, 0.29) is 0 Å². The van der Waals surface area contributed by atoms with Crippen LogP contribution in [0.1, 0.15) is 6.92 Å². The zero-order valence-electron chi connectivity index (χ0n) is 7.20. The molecule has 0 spiro atoms. The fraction of sp³-hybridized carbons (Fsp3) is 1.00. The van der Waals surface area contributed by atoms with E-state index < -0.39 is 36.1 Å². The number of aliphatic hydroxyl groups excluding tert-OH is 4. The zero-order valence-corrected chi connectivity index (χ0v) is 7.20. The summed E-state index contributed by atoms with van der Waals surface area (Å²) >= 11 is 0. The average Bonchev–Trinajstić information content (AvgIpc) is 2.09. The predicted molar refractivity (Wildman–Crippen MR) is 42.6 cm³/mol. The third kappa shape index (κ3) is 1.45. The maximum atomic E-state index is 9.52. The van der Waals surface area contributed by atoms with E-state index in [1.165, 1.54) is 0 Å². The first kappa shape index (κ1) is 10.8. The Hall–Kier alpha value is -0.240. The van der Waals surface area contributed by atoms with E-state index in [1.54, 1.807) is 0 Å². The predicted octanol–water partition coefficient (Wildman–Crippen LogP) is -3.48. The van der Waals surface area contributed by atoms with Crippen molar-refractivity contribution in [1.29, 1.82) is 0 Å².